The first-order valence-electron chi connectivity index (χ1n) is 9.10. The van der Waals surface area contributed by atoms with E-state index in [0.717, 1.165) is 36.6 Å². The molecule has 26 heavy (non-hydrogen) atoms. The number of anilines is 2. The molecule has 2 aliphatic rings. The van der Waals surface area contributed by atoms with Crippen molar-refractivity contribution in [1.82, 2.24) is 4.90 Å². The maximum Gasteiger partial charge on any atom is 0.326 e. The van der Waals surface area contributed by atoms with Gasteiger partial charge in [-0.25, -0.2) is 4.79 Å². The average molecular weight is 351 g/mol. The van der Waals surface area contributed by atoms with Gasteiger partial charge in [-0.2, -0.15) is 0 Å². The van der Waals surface area contributed by atoms with E-state index in [1.54, 1.807) is 7.11 Å². The van der Waals surface area contributed by atoms with Crippen LogP contribution in [0.4, 0.5) is 16.2 Å². The molecule has 2 heterocycles. The highest BCUT2D eigenvalue weighted by atomic mass is 16.5. The lowest BCUT2D eigenvalue weighted by Crippen LogP contribution is -2.48. The van der Waals surface area contributed by atoms with E-state index in [1.807, 2.05) is 29.2 Å². The minimum atomic E-state index is -0.0691. The van der Waals surface area contributed by atoms with E-state index < -0.39 is 0 Å². The summed E-state index contributed by atoms with van der Waals surface area (Å²) in [5.41, 5.74) is 4.33. The third-order valence-electron chi connectivity index (χ3n) is 5.49. The maximum atomic E-state index is 13.2. The molecular weight excluding hydrogens is 326 g/mol. The number of benzene rings is 2. The number of hydrogen-bond donors (Lipinski definition) is 1. The van der Waals surface area contributed by atoms with Gasteiger partial charge in [-0.3, -0.25) is 4.90 Å². The minimum Gasteiger partial charge on any atom is -0.497 e. The molecule has 0 bridgehead atoms. The molecule has 0 aromatic heterocycles. The molecule has 4 rings (SSSR count). The quantitative estimate of drug-likeness (QED) is 0.894. The van der Waals surface area contributed by atoms with Crippen molar-refractivity contribution in [2.45, 2.75) is 25.3 Å². The second-order valence-electron chi connectivity index (χ2n) is 7.32. The number of likely N-dealkylation sites (tertiary alicyclic amines) is 1. The molecule has 0 saturated carbocycles. The summed E-state index contributed by atoms with van der Waals surface area (Å²) in [7, 11) is 3.79. The number of fused-ring (bicyclic) bond motifs is 3. The van der Waals surface area contributed by atoms with Gasteiger partial charge in [0.15, 0.2) is 0 Å². The monoisotopic (exact) mass is 351 g/mol. The second-order valence-corrected chi connectivity index (χ2v) is 7.32. The molecule has 2 atom stereocenters. The lowest BCUT2D eigenvalue weighted by atomic mass is 9.89. The van der Waals surface area contributed by atoms with E-state index in [2.05, 4.69) is 42.4 Å². The number of amides is 2. The largest absolute Gasteiger partial charge is 0.497 e. The molecule has 5 nitrogen and oxygen atoms in total. The number of methoxy groups -OCH3 is 1. The molecule has 1 N–H and O–H groups in total. The number of ether oxygens (including phenoxy) is 1. The zero-order chi connectivity index (χ0) is 18.3. The fourth-order valence-corrected chi connectivity index (χ4v) is 4.23. The van der Waals surface area contributed by atoms with Crippen LogP contribution in [0.25, 0.3) is 0 Å². The Bertz CT molecular complexity index is 836. The number of nitrogens with zero attached hydrogens (tertiary/aromatic N) is 2. The van der Waals surface area contributed by atoms with Gasteiger partial charge in [0.2, 0.25) is 0 Å². The lowest BCUT2D eigenvalue weighted by molar-refractivity contribution is 0.224. The van der Waals surface area contributed by atoms with Crippen molar-refractivity contribution >= 4 is 17.4 Å². The maximum absolute atomic E-state index is 13.2. The highest BCUT2D eigenvalue weighted by Gasteiger charge is 2.43. The molecule has 2 amide bonds. The summed E-state index contributed by atoms with van der Waals surface area (Å²) >= 11 is 0. The fourth-order valence-electron chi connectivity index (χ4n) is 4.23. The molecule has 5 heteroatoms. The number of carbonyl (C=O) groups excluding carboxylic acids is 1. The van der Waals surface area contributed by atoms with Crippen LogP contribution in [-0.2, 0) is 0 Å². The van der Waals surface area contributed by atoms with Crippen LogP contribution >= 0.6 is 0 Å². The van der Waals surface area contributed by atoms with E-state index in [1.165, 1.54) is 11.1 Å². The summed E-state index contributed by atoms with van der Waals surface area (Å²) in [5, 5.41) is 3.05. The van der Waals surface area contributed by atoms with E-state index in [4.69, 9.17) is 4.74 Å². The Morgan fingerprint density at radius 3 is 2.88 bits per heavy atom. The van der Waals surface area contributed by atoms with Crippen molar-refractivity contribution < 1.29 is 9.53 Å². The van der Waals surface area contributed by atoms with Crippen LogP contribution in [0.15, 0.2) is 42.5 Å². The zero-order valence-electron chi connectivity index (χ0n) is 15.5. The first kappa shape index (κ1) is 16.9. The Labute approximate surface area is 154 Å². The van der Waals surface area contributed by atoms with Gasteiger partial charge in [-0.15, -0.1) is 0 Å². The van der Waals surface area contributed by atoms with Crippen molar-refractivity contribution in [3.05, 3.63) is 53.6 Å². The molecule has 0 spiro atoms. The highest BCUT2D eigenvalue weighted by molar-refractivity contribution is 6.04. The van der Waals surface area contributed by atoms with Gasteiger partial charge >= 0.3 is 6.03 Å². The van der Waals surface area contributed by atoms with Gasteiger partial charge in [0.25, 0.3) is 0 Å². The number of aryl methyl sites for hydroxylation is 1. The Kier molecular flexibility index (Phi) is 4.32. The first-order valence-corrected chi connectivity index (χ1v) is 9.10. The smallest absolute Gasteiger partial charge is 0.326 e. The Morgan fingerprint density at radius 2 is 2.08 bits per heavy atom. The number of carbonyl (C=O) groups is 1. The van der Waals surface area contributed by atoms with Crippen molar-refractivity contribution in [2.75, 3.05) is 37.5 Å². The van der Waals surface area contributed by atoms with Crippen LogP contribution in [-0.4, -0.2) is 44.2 Å². The number of urea groups is 1. The van der Waals surface area contributed by atoms with Gasteiger partial charge in [0.1, 0.15) is 5.75 Å². The van der Waals surface area contributed by atoms with Crippen LogP contribution in [0.3, 0.4) is 0 Å². The SMILES string of the molecule is COc1cccc(NC(=O)N2c3ccc(C)cc3C3CN(C)CCC32)c1. The van der Waals surface area contributed by atoms with Gasteiger partial charge in [0.05, 0.1) is 7.11 Å². The van der Waals surface area contributed by atoms with Crippen LogP contribution < -0.4 is 15.0 Å². The van der Waals surface area contributed by atoms with Crippen LogP contribution in [0.2, 0.25) is 0 Å². The topological polar surface area (TPSA) is 44.8 Å². The molecule has 2 aromatic carbocycles. The lowest BCUT2D eigenvalue weighted by Gasteiger charge is -2.36. The van der Waals surface area contributed by atoms with E-state index in [0.29, 0.717) is 5.92 Å². The van der Waals surface area contributed by atoms with Crippen molar-refractivity contribution in [1.29, 1.82) is 0 Å². The Morgan fingerprint density at radius 1 is 1.23 bits per heavy atom. The predicted octanol–water partition coefficient (Wildman–Crippen LogP) is 3.84. The Balaban J connectivity index is 1.65. The van der Waals surface area contributed by atoms with E-state index >= 15 is 0 Å². The number of likely N-dealkylation sites (N-methyl/N-ethyl adjacent to an activating group) is 1. The molecule has 2 unspecified atom stereocenters. The van der Waals surface area contributed by atoms with Crippen LogP contribution in [0.1, 0.15) is 23.5 Å². The van der Waals surface area contributed by atoms with E-state index in [-0.39, 0.29) is 12.1 Å². The van der Waals surface area contributed by atoms with Gasteiger partial charge < -0.3 is 15.0 Å². The summed E-state index contributed by atoms with van der Waals surface area (Å²) in [5.74, 6) is 1.11. The van der Waals surface area contributed by atoms with Crippen molar-refractivity contribution in [3.8, 4) is 5.75 Å². The average Bonchev–Trinajstić information content (AvgIpc) is 2.95. The van der Waals surface area contributed by atoms with Crippen molar-refractivity contribution in [2.24, 2.45) is 0 Å². The molecule has 0 aliphatic carbocycles. The number of nitrogens with one attached hydrogen (secondary N) is 1. The fraction of sp³-hybridized carbons (Fsp3) is 0.381. The first-order chi connectivity index (χ1) is 12.6. The Hall–Kier alpha value is -2.53. The summed E-state index contributed by atoms with van der Waals surface area (Å²) in [6.07, 6.45) is 0.987. The molecule has 0 radical (unpaired) electrons. The minimum absolute atomic E-state index is 0.0691. The normalized spacial score (nSPS) is 21.9. The summed E-state index contributed by atoms with van der Waals surface area (Å²) < 4.78 is 5.26. The number of hydrogen-bond acceptors (Lipinski definition) is 3. The molecule has 136 valence electrons. The molecule has 1 saturated heterocycles. The summed E-state index contributed by atoms with van der Waals surface area (Å²) in [6, 6.07) is 14.1. The number of piperidine rings is 1. The van der Waals surface area contributed by atoms with Gasteiger partial charge in [-0.05, 0) is 50.7 Å². The summed E-state index contributed by atoms with van der Waals surface area (Å²) in [6.45, 7) is 4.11. The standard InChI is InChI=1S/C21H25N3O2/c1-14-7-8-19-17(11-14)18-13-23(2)10-9-20(18)24(19)21(25)22-15-5-4-6-16(12-15)26-3/h4-8,11-12,18,20H,9-10,13H2,1-3H3,(H,22,25). The highest BCUT2D eigenvalue weighted by Crippen LogP contribution is 2.45. The third kappa shape index (κ3) is 2.92. The molecular formula is C21H25N3O2. The second kappa shape index (κ2) is 6.65. The zero-order valence-corrected chi connectivity index (χ0v) is 15.5. The summed E-state index contributed by atoms with van der Waals surface area (Å²) in [4.78, 5) is 17.5. The van der Waals surface area contributed by atoms with Gasteiger partial charge in [0, 0.05) is 35.9 Å². The van der Waals surface area contributed by atoms with Gasteiger partial charge in [-0.1, -0.05) is 23.8 Å². The third-order valence-corrected chi connectivity index (χ3v) is 5.49. The molecule has 2 aromatic rings. The molecule has 1 fully saturated rings. The van der Waals surface area contributed by atoms with Crippen LogP contribution in [0, 0.1) is 6.92 Å². The van der Waals surface area contributed by atoms with E-state index in [9.17, 15) is 4.79 Å². The molecule has 2 aliphatic heterocycles. The predicted molar refractivity (Wildman–Crippen MR) is 104 cm³/mol. The van der Waals surface area contributed by atoms with Crippen molar-refractivity contribution in [3.63, 3.8) is 0 Å². The van der Waals surface area contributed by atoms with Crippen LogP contribution in [0.5, 0.6) is 5.75 Å². The number of rotatable bonds is 2.